The molecule has 0 spiro atoms. The molecule has 0 saturated carbocycles. The van der Waals surface area contributed by atoms with Crippen molar-refractivity contribution in [3.63, 3.8) is 0 Å². The lowest BCUT2D eigenvalue weighted by Crippen LogP contribution is -2.03. The van der Waals surface area contributed by atoms with E-state index < -0.39 is 0 Å². The highest BCUT2D eigenvalue weighted by molar-refractivity contribution is 9.10. The third-order valence-electron chi connectivity index (χ3n) is 3.29. The van der Waals surface area contributed by atoms with Crippen LogP contribution in [-0.4, -0.2) is 5.78 Å². The Morgan fingerprint density at radius 1 is 1.30 bits per heavy atom. The summed E-state index contributed by atoms with van der Waals surface area (Å²) in [6.45, 7) is 13.8. The maximum absolute atomic E-state index is 12.0. The van der Waals surface area contributed by atoms with Gasteiger partial charge in [0.2, 0.25) is 0 Å². The minimum absolute atomic E-state index is 0.0402. The largest absolute Gasteiger partial charge is 0.289 e. The van der Waals surface area contributed by atoms with E-state index in [4.69, 9.17) is 0 Å². The molecule has 0 unspecified atom stereocenters. The van der Waals surface area contributed by atoms with E-state index in [0.717, 1.165) is 34.0 Å². The molecule has 2 heteroatoms. The van der Waals surface area contributed by atoms with Crippen LogP contribution in [0, 0.1) is 0 Å². The third kappa shape index (κ3) is 4.04. The molecule has 0 saturated heterocycles. The molecule has 106 valence electrons. The Morgan fingerprint density at radius 2 is 1.95 bits per heavy atom. The number of allylic oxidation sites excluding steroid dienone is 4. The molecule has 0 aliphatic carbocycles. The van der Waals surface area contributed by atoms with Crippen LogP contribution in [0.5, 0.6) is 0 Å². The van der Waals surface area contributed by atoms with Gasteiger partial charge in [-0.3, -0.25) is 4.79 Å². The summed E-state index contributed by atoms with van der Waals surface area (Å²) >= 11 is 3.46. The molecule has 1 aromatic carbocycles. The van der Waals surface area contributed by atoms with Gasteiger partial charge in [0.1, 0.15) is 0 Å². The van der Waals surface area contributed by atoms with Crippen molar-refractivity contribution in [2.45, 2.75) is 33.6 Å². The van der Waals surface area contributed by atoms with Gasteiger partial charge in [-0.15, -0.1) is 0 Å². The van der Waals surface area contributed by atoms with Crippen LogP contribution < -0.4 is 0 Å². The van der Waals surface area contributed by atoms with Crippen LogP contribution in [0.25, 0.3) is 0 Å². The molecular formula is C18H21BrO. The van der Waals surface area contributed by atoms with Gasteiger partial charge < -0.3 is 0 Å². The summed E-state index contributed by atoms with van der Waals surface area (Å²) in [4.78, 5) is 12.0. The Balaban J connectivity index is 3.08. The number of aryl methyl sites for hydroxylation is 1. The molecule has 20 heavy (non-hydrogen) atoms. The molecule has 0 aliphatic rings. The van der Waals surface area contributed by atoms with Crippen LogP contribution in [0.1, 0.15) is 43.1 Å². The Kier molecular flexibility index (Phi) is 6.15. The standard InChI is InChI=1S/C18H21BrO/c1-6-17(20)18-14(8-7-9-16(18)19)10-11-15(12(2)3)13(4)5/h6-9H,1-2,10-11H2,3-5H3. The molecule has 1 nitrogen and oxygen atoms in total. The zero-order chi connectivity index (χ0) is 15.3. The van der Waals surface area contributed by atoms with Gasteiger partial charge in [-0.2, -0.15) is 0 Å². The van der Waals surface area contributed by atoms with E-state index in [1.165, 1.54) is 17.2 Å². The summed E-state index contributed by atoms with van der Waals surface area (Å²) in [5.74, 6) is -0.0402. The molecular weight excluding hydrogens is 312 g/mol. The van der Waals surface area contributed by atoms with Crippen LogP contribution in [-0.2, 0) is 6.42 Å². The van der Waals surface area contributed by atoms with E-state index in [1.54, 1.807) is 0 Å². The molecule has 0 radical (unpaired) electrons. The van der Waals surface area contributed by atoms with Gasteiger partial charge in [0.05, 0.1) is 0 Å². The van der Waals surface area contributed by atoms with Gasteiger partial charge in [-0.05, 0) is 56.9 Å². The van der Waals surface area contributed by atoms with E-state index in [2.05, 4.69) is 42.9 Å². The van der Waals surface area contributed by atoms with Crippen molar-refractivity contribution in [1.29, 1.82) is 0 Å². The average molecular weight is 333 g/mol. The zero-order valence-corrected chi connectivity index (χ0v) is 14.0. The molecule has 0 amide bonds. The van der Waals surface area contributed by atoms with Crippen molar-refractivity contribution in [3.8, 4) is 0 Å². The van der Waals surface area contributed by atoms with Gasteiger partial charge in [-0.1, -0.05) is 52.4 Å². The Bertz CT molecular complexity index is 575. The van der Waals surface area contributed by atoms with Gasteiger partial charge in [0.15, 0.2) is 5.78 Å². The lowest BCUT2D eigenvalue weighted by molar-refractivity contribution is 0.104. The number of rotatable bonds is 6. The van der Waals surface area contributed by atoms with Gasteiger partial charge >= 0.3 is 0 Å². The molecule has 0 aromatic heterocycles. The summed E-state index contributed by atoms with van der Waals surface area (Å²) in [7, 11) is 0. The normalized spacial score (nSPS) is 10.0. The first-order chi connectivity index (χ1) is 9.38. The topological polar surface area (TPSA) is 17.1 Å². The quantitative estimate of drug-likeness (QED) is 0.373. The molecule has 1 rings (SSSR count). The summed E-state index contributed by atoms with van der Waals surface area (Å²) in [6.07, 6.45) is 3.08. The van der Waals surface area contributed by atoms with Crippen molar-refractivity contribution < 1.29 is 4.79 Å². The predicted octanol–water partition coefficient (Wildman–Crippen LogP) is 5.66. The Morgan fingerprint density at radius 3 is 2.45 bits per heavy atom. The maximum atomic E-state index is 12.0. The maximum Gasteiger partial charge on any atom is 0.186 e. The van der Waals surface area contributed by atoms with Crippen LogP contribution in [0.3, 0.4) is 0 Å². The molecule has 0 atom stereocenters. The second-order valence-corrected chi connectivity index (χ2v) is 5.96. The highest BCUT2D eigenvalue weighted by atomic mass is 79.9. The molecule has 0 N–H and O–H groups in total. The predicted molar refractivity (Wildman–Crippen MR) is 90.2 cm³/mol. The van der Waals surface area contributed by atoms with Crippen molar-refractivity contribution in [3.05, 3.63) is 69.8 Å². The van der Waals surface area contributed by atoms with Crippen molar-refractivity contribution in [2.24, 2.45) is 0 Å². The molecule has 0 heterocycles. The number of hydrogen-bond donors (Lipinski definition) is 0. The fraction of sp³-hybridized carbons (Fsp3) is 0.278. The number of hydrogen-bond acceptors (Lipinski definition) is 1. The average Bonchev–Trinajstić information content (AvgIpc) is 2.37. The van der Waals surface area contributed by atoms with E-state index in [0.29, 0.717) is 0 Å². The van der Waals surface area contributed by atoms with E-state index in [9.17, 15) is 4.79 Å². The molecule has 0 fully saturated rings. The zero-order valence-electron chi connectivity index (χ0n) is 12.4. The van der Waals surface area contributed by atoms with Gasteiger partial charge in [0, 0.05) is 10.0 Å². The van der Waals surface area contributed by atoms with E-state index in [1.807, 2.05) is 25.1 Å². The number of ketones is 1. The molecule has 0 bridgehead atoms. The first kappa shape index (κ1) is 16.6. The van der Waals surface area contributed by atoms with Gasteiger partial charge in [0.25, 0.3) is 0 Å². The fourth-order valence-corrected chi connectivity index (χ4v) is 2.91. The summed E-state index contributed by atoms with van der Waals surface area (Å²) < 4.78 is 0.828. The number of carbonyl (C=O) groups is 1. The fourth-order valence-electron chi connectivity index (χ4n) is 2.30. The van der Waals surface area contributed by atoms with Crippen molar-refractivity contribution >= 4 is 21.7 Å². The minimum Gasteiger partial charge on any atom is -0.289 e. The summed E-state index contributed by atoms with van der Waals surface area (Å²) in [5, 5.41) is 0. The Labute approximate surface area is 130 Å². The van der Waals surface area contributed by atoms with Crippen LogP contribution >= 0.6 is 15.9 Å². The smallest absolute Gasteiger partial charge is 0.186 e. The second kappa shape index (κ2) is 7.39. The summed E-state index contributed by atoms with van der Waals surface area (Å²) in [5.41, 5.74) is 5.42. The number of halogens is 1. The van der Waals surface area contributed by atoms with Crippen molar-refractivity contribution in [2.75, 3.05) is 0 Å². The van der Waals surface area contributed by atoms with Crippen LogP contribution in [0.4, 0.5) is 0 Å². The van der Waals surface area contributed by atoms with Crippen LogP contribution in [0.15, 0.2) is 58.6 Å². The SMILES string of the molecule is C=CC(=O)c1c(Br)cccc1CCC(C(=C)C)=C(C)C. The van der Waals surface area contributed by atoms with E-state index in [-0.39, 0.29) is 5.78 Å². The summed E-state index contributed by atoms with van der Waals surface area (Å²) in [6, 6.07) is 5.85. The highest BCUT2D eigenvalue weighted by Crippen LogP contribution is 2.25. The lowest BCUT2D eigenvalue weighted by atomic mass is 9.93. The van der Waals surface area contributed by atoms with E-state index >= 15 is 0 Å². The first-order valence-corrected chi connectivity index (χ1v) is 7.44. The molecule has 1 aromatic rings. The third-order valence-corrected chi connectivity index (χ3v) is 3.96. The minimum atomic E-state index is -0.0402. The van der Waals surface area contributed by atoms with Crippen molar-refractivity contribution in [1.82, 2.24) is 0 Å². The second-order valence-electron chi connectivity index (χ2n) is 5.10. The van der Waals surface area contributed by atoms with Crippen LogP contribution in [0.2, 0.25) is 0 Å². The Hall–Kier alpha value is -1.41. The molecule has 0 aliphatic heterocycles. The number of benzene rings is 1. The van der Waals surface area contributed by atoms with Gasteiger partial charge in [-0.25, -0.2) is 0 Å². The first-order valence-electron chi connectivity index (χ1n) is 6.64. The monoisotopic (exact) mass is 332 g/mol. The highest BCUT2D eigenvalue weighted by Gasteiger charge is 2.13. The lowest BCUT2D eigenvalue weighted by Gasteiger charge is -2.13. The number of carbonyl (C=O) groups excluding carboxylic acids is 1.